The second-order valence-electron chi connectivity index (χ2n) is 11.6. The monoisotopic (exact) mass is 634 g/mol. The quantitative estimate of drug-likeness (QED) is 0.235. The number of amides is 3. The van der Waals surface area contributed by atoms with Crippen LogP contribution in [0.25, 0.3) is 10.8 Å². The van der Waals surface area contributed by atoms with Gasteiger partial charge in [-0.15, -0.1) is 0 Å². The fraction of sp³-hybridized carbons (Fsp3) is 0.200. The Kier molecular flexibility index (Phi) is 7.33. The minimum absolute atomic E-state index is 0.210. The van der Waals surface area contributed by atoms with Crippen LogP contribution in [0.4, 0.5) is 17.1 Å². The van der Waals surface area contributed by atoms with Gasteiger partial charge >= 0.3 is 4.87 Å². The SMILES string of the molecule is Cc1ccc(N2C(=O)C3Sc4c(sc(=O)n4CC(=O)Nc4ccc5ccccc5c4)C(c4ccc(N(C)C)cc4)C3C2=O)cc1. The first-order valence-corrected chi connectivity index (χ1v) is 16.3. The smallest absolute Gasteiger partial charge is 0.308 e. The summed E-state index contributed by atoms with van der Waals surface area (Å²) < 4.78 is 1.45. The van der Waals surface area contributed by atoms with Gasteiger partial charge in [-0.3, -0.25) is 23.7 Å². The molecule has 2 aliphatic heterocycles. The number of rotatable bonds is 6. The lowest BCUT2D eigenvalue weighted by Crippen LogP contribution is -2.33. The zero-order chi connectivity index (χ0) is 31.4. The Morgan fingerprint density at radius 1 is 0.867 bits per heavy atom. The number of carbonyl (C=O) groups excluding carboxylic acids is 3. The van der Waals surface area contributed by atoms with Crippen LogP contribution in [0.5, 0.6) is 0 Å². The normalized spacial score (nSPS) is 19.0. The largest absolute Gasteiger partial charge is 0.378 e. The van der Waals surface area contributed by atoms with E-state index in [0.717, 1.165) is 38.9 Å². The van der Waals surface area contributed by atoms with E-state index in [4.69, 9.17) is 0 Å². The lowest BCUT2D eigenvalue weighted by atomic mass is 9.83. The van der Waals surface area contributed by atoms with Crippen molar-refractivity contribution >= 4 is 68.7 Å². The van der Waals surface area contributed by atoms with Gasteiger partial charge in [0.2, 0.25) is 17.7 Å². The lowest BCUT2D eigenvalue weighted by molar-refractivity contribution is -0.122. The maximum absolute atomic E-state index is 14.1. The summed E-state index contributed by atoms with van der Waals surface area (Å²) in [6.07, 6.45) is 0. The van der Waals surface area contributed by atoms with Crippen molar-refractivity contribution in [3.63, 3.8) is 0 Å². The number of hydrogen-bond acceptors (Lipinski definition) is 7. The Labute approximate surface area is 268 Å². The van der Waals surface area contributed by atoms with Crippen molar-refractivity contribution in [3.8, 4) is 0 Å². The Morgan fingerprint density at radius 2 is 1.58 bits per heavy atom. The summed E-state index contributed by atoms with van der Waals surface area (Å²) in [5.74, 6) is -2.16. The molecule has 4 aromatic carbocycles. The Hall–Kier alpha value is -4.67. The minimum Gasteiger partial charge on any atom is -0.378 e. The lowest BCUT2D eigenvalue weighted by Gasteiger charge is -2.31. The molecule has 226 valence electrons. The predicted octanol–water partition coefficient (Wildman–Crippen LogP) is 5.87. The van der Waals surface area contributed by atoms with Gasteiger partial charge in [-0.2, -0.15) is 0 Å². The van der Waals surface area contributed by atoms with Gasteiger partial charge < -0.3 is 10.2 Å². The first-order chi connectivity index (χ1) is 21.7. The summed E-state index contributed by atoms with van der Waals surface area (Å²) >= 11 is 2.26. The highest BCUT2D eigenvalue weighted by molar-refractivity contribution is 8.00. The van der Waals surface area contributed by atoms with Crippen molar-refractivity contribution in [3.05, 3.63) is 117 Å². The van der Waals surface area contributed by atoms with Gasteiger partial charge in [-0.05, 0) is 59.7 Å². The van der Waals surface area contributed by atoms with Crippen LogP contribution in [0.1, 0.15) is 21.9 Å². The third kappa shape index (κ3) is 5.13. The number of nitrogens with one attached hydrogen (secondary N) is 1. The second-order valence-corrected chi connectivity index (χ2v) is 13.7. The number of thioether (sulfide) groups is 1. The Balaban J connectivity index is 1.26. The van der Waals surface area contributed by atoms with Crippen molar-refractivity contribution in [2.75, 3.05) is 29.2 Å². The molecule has 0 spiro atoms. The fourth-order valence-corrected chi connectivity index (χ4v) is 8.93. The van der Waals surface area contributed by atoms with Gasteiger partial charge in [0.25, 0.3) is 0 Å². The van der Waals surface area contributed by atoms with Crippen LogP contribution < -0.4 is 20.0 Å². The number of carbonyl (C=O) groups is 3. The van der Waals surface area contributed by atoms with E-state index in [9.17, 15) is 19.2 Å². The summed E-state index contributed by atoms with van der Waals surface area (Å²) in [6.45, 7) is 1.74. The van der Waals surface area contributed by atoms with Crippen molar-refractivity contribution < 1.29 is 14.4 Å². The molecule has 8 nitrogen and oxygen atoms in total. The van der Waals surface area contributed by atoms with E-state index in [1.165, 1.54) is 21.2 Å². The molecular weight excluding hydrogens is 605 g/mol. The van der Waals surface area contributed by atoms with E-state index in [1.807, 2.05) is 105 Å². The Bertz CT molecular complexity index is 2030. The summed E-state index contributed by atoms with van der Waals surface area (Å²) in [4.78, 5) is 58.6. The number of imide groups is 1. The number of anilines is 3. The van der Waals surface area contributed by atoms with Crippen LogP contribution in [-0.2, 0) is 20.9 Å². The van der Waals surface area contributed by atoms with Crippen molar-refractivity contribution in [1.29, 1.82) is 0 Å². The fourth-order valence-electron chi connectivity index (χ4n) is 6.15. The third-order valence-corrected chi connectivity index (χ3v) is 11.0. The average molecular weight is 635 g/mol. The topological polar surface area (TPSA) is 91.7 Å². The van der Waals surface area contributed by atoms with E-state index in [1.54, 1.807) is 12.1 Å². The van der Waals surface area contributed by atoms with Crippen LogP contribution >= 0.6 is 23.1 Å². The molecule has 1 aromatic heterocycles. The van der Waals surface area contributed by atoms with Gasteiger partial charge in [0.15, 0.2) is 0 Å². The summed E-state index contributed by atoms with van der Waals surface area (Å²) in [5, 5.41) is 4.80. The number of benzene rings is 4. The van der Waals surface area contributed by atoms with E-state index >= 15 is 0 Å². The molecular formula is C35H30N4O4S2. The van der Waals surface area contributed by atoms with Crippen LogP contribution in [-0.4, -0.2) is 41.6 Å². The molecule has 0 radical (unpaired) electrons. The standard InChI is InChI=1S/C35H30N4O4S2/c1-20-8-14-26(15-9-20)39-32(41)29-28(22-11-16-25(17-12-22)37(2)3)31-34(44-30(29)33(39)42)38(35(43)45-31)19-27(40)36-24-13-10-21-6-4-5-7-23(21)18-24/h4-18,28-30H,19H2,1-3H3,(H,36,40). The zero-order valence-corrected chi connectivity index (χ0v) is 26.5. The molecule has 7 rings (SSSR count). The minimum atomic E-state index is -0.742. The highest BCUT2D eigenvalue weighted by Crippen LogP contribution is 2.54. The maximum atomic E-state index is 14.1. The van der Waals surface area contributed by atoms with Gasteiger partial charge in [-0.1, -0.05) is 83.3 Å². The number of thiazole rings is 1. The maximum Gasteiger partial charge on any atom is 0.308 e. The average Bonchev–Trinajstić information content (AvgIpc) is 3.47. The zero-order valence-electron chi connectivity index (χ0n) is 24.9. The van der Waals surface area contributed by atoms with E-state index in [0.29, 0.717) is 21.3 Å². The molecule has 0 aliphatic carbocycles. The number of aromatic nitrogens is 1. The van der Waals surface area contributed by atoms with E-state index < -0.39 is 17.1 Å². The van der Waals surface area contributed by atoms with Gasteiger partial charge in [-0.25, -0.2) is 4.90 Å². The first kappa shape index (κ1) is 29.1. The van der Waals surface area contributed by atoms with Crippen LogP contribution in [0.15, 0.2) is 101 Å². The molecule has 5 aromatic rings. The number of fused-ring (bicyclic) bond motifs is 3. The molecule has 0 saturated carbocycles. The molecule has 0 bridgehead atoms. The molecule has 1 saturated heterocycles. The molecule has 3 unspecified atom stereocenters. The molecule has 1 fully saturated rings. The van der Waals surface area contributed by atoms with Gasteiger partial charge in [0.1, 0.15) is 11.8 Å². The molecule has 2 aliphatic rings. The predicted molar refractivity (Wildman–Crippen MR) is 181 cm³/mol. The number of aryl methyl sites for hydroxylation is 1. The van der Waals surface area contributed by atoms with Gasteiger partial charge in [0, 0.05) is 36.3 Å². The summed E-state index contributed by atoms with van der Waals surface area (Å²) in [7, 11) is 3.90. The van der Waals surface area contributed by atoms with Crippen molar-refractivity contribution in [2.45, 2.75) is 29.7 Å². The molecule has 10 heteroatoms. The van der Waals surface area contributed by atoms with Gasteiger partial charge in [0.05, 0.1) is 16.6 Å². The van der Waals surface area contributed by atoms with E-state index in [-0.39, 0.29) is 29.1 Å². The second kappa shape index (κ2) is 11.4. The van der Waals surface area contributed by atoms with Crippen LogP contribution in [0, 0.1) is 12.8 Å². The van der Waals surface area contributed by atoms with Crippen molar-refractivity contribution in [1.82, 2.24) is 4.57 Å². The van der Waals surface area contributed by atoms with E-state index in [2.05, 4.69) is 5.32 Å². The molecule has 1 N–H and O–H groups in total. The molecule has 3 heterocycles. The highest BCUT2D eigenvalue weighted by atomic mass is 32.2. The molecule has 3 amide bonds. The van der Waals surface area contributed by atoms with Crippen molar-refractivity contribution in [2.24, 2.45) is 5.92 Å². The number of nitrogens with zero attached hydrogens (tertiary/aromatic N) is 3. The Morgan fingerprint density at radius 3 is 2.29 bits per heavy atom. The summed E-state index contributed by atoms with van der Waals surface area (Å²) in [5.41, 5.74) is 4.03. The molecule has 45 heavy (non-hydrogen) atoms. The first-order valence-electron chi connectivity index (χ1n) is 14.6. The van der Waals surface area contributed by atoms with Crippen LogP contribution in [0.2, 0.25) is 0 Å². The number of hydrogen-bond donors (Lipinski definition) is 1. The third-order valence-electron chi connectivity index (χ3n) is 8.44. The van der Waals surface area contributed by atoms with Crippen LogP contribution in [0.3, 0.4) is 0 Å². The summed E-state index contributed by atoms with van der Waals surface area (Å²) in [6, 6.07) is 28.8. The highest BCUT2D eigenvalue weighted by Gasteiger charge is 2.56. The molecule has 3 atom stereocenters.